The van der Waals surface area contributed by atoms with Gasteiger partial charge in [-0.25, -0.2) is 4.98 Å². The molecule has 4 nitrogen and oxygen atoms in total. The molecule has 1 saturated carbocycles. The third kappa shape index (κ3) is 2.62. The molecule has 0 spiro atoms. The van der Waals surface area contributed by atoms with Crippen LogP contribution in [0.25, 0.3) is 0 Å². The van der Waals surface area contributed by atoms with Crippen LogP contribution in [0.4, 0.5) is 18.9 Å². The lowest BCUT2D eigenvalue weighted by atomic mass is 9.87. The molecule has 102 valence electrons. The number of nitrogens with zero attached hydrogens (tertiary/aromatic N) is 2. The summed E-state index contributed by atoms with van der Waals surface area (Å²) in [6, 6.07) is 2.08. The van der Waals surface area contributed by atoms with Crippen LogP contribution in [0.2, 0.25) is 6.32 Å². The summed E-state index contributed by atoms with van der Waals surface area (Å²) in [6.45, 7) is 0. The maximum atomic E-state index is 12.7. The minimum atomic E-state index is -4.70. The first-order valence-corrected chi connectivity index (χ1v) is 5.81. The molecule has 0 atom stereocenters. The zero-order valence-electron chi connectivity index (χ0n) is 10.3. The van der Waals surface area contributed by atoms with Gasteiger partial charge < -0.3 is 5.32 Å². The van der Waals surface area contributed by atoms with Crippen molar-refractivity contribution in [1.82, 2.24) is 4.98 Å². The van der Waals surface area contributed by atoms with Crippen molar-refractivity contribution < 1.29 is 18.0 Å². The first kappa shape index (κ1) is 14.4. The Morgan fingerprint density at radius 1 is 1.55 bits per heavy atom. The topological polar surface area (TPSA) is 65.8 Å². The van der Waals surface area contributed by atoms with E-state index < -0.39 is 28.8 Å². The van der Waals surface area contributed by atoms with Gasteiger partial charge in [-0.15, -0.1) is 0 Å². The van der Waals surface area contributed by atoms with Gasteiger partial charge in [0.2, 0.25) is 5.91 Å². The maximum Gasteiger partial charge on any atom is 0.419 e. The van der Waals surface area contributed by atoms with Crippen LogP contribution in [0.5, 0.6) is 0 Å². The quantitative estimate of drug-likeness (QED) is 0.863. The third-order valence-electron chi connectivity index (χ3n) is 3.28. The van der Waals surface area contributed by atoms with Gasteiger partial charge in [-0.05, 0) is 18.9 Å². The first-order chi connectivity index (χ1) is 9.32. The molecule has 0 bridgehead atoms. The molecule has 1 aliphatic carbocycles. The standard InChI is InChI=1S/C12H9BF3N3O/c13-6-11(1-2-11)10(20)19-7-3-8(12(14,15)16)9(4-17)18-5-7/h3,5H,1-2,6H2,(H,19,20). The largest absolute Gasteiger partial charge is 0.419 e. The predicted molar refractivity (Wildman–Crippen MR) is 64.8 cm³/mol. The van der Waals surface area contributed by atoms with Gasteiger partial charge >= 0.3 is 6.18 Å². The molecular weight excluding hydrogens is 270 g/mol. The fourth-order valence-corrected chi connectivity index (χ4v) is 1.78. The molecule has 0 aliphatic heterocycles. The van der Waals surface area contributed by atoms with E-state index >= 15 is 0 Å². The van der Waals surface area contributed by atoms with Gasteiger partial charge in [-0.2, -0.15) is 18.4 Å². The molecule has 20 heavy (non-hydrogen) atoms. The second-order valence-electron chi connectivity index (χ2n) is 4.67. The highest BCUT2D eigenvalue weighted by Gasteiger charge is 2.47. The van der Waals surface area contributed by atoms with E-state index in [0.717, 1.165) is 6.20 Å². The van der Waals surface area contributed by atoms with Crippen molar-refractivity contribution in [1.29, 1.82) is 5.26 Å². The summed E-state index contributed by atoms with van der Waals surface area (Å²) in [6.07, 6.45) is -2.30. The smallest absolute Gasteiger partial charge is 0.324 e. The van der Waals surface area contributed by atoms with Gasteiger partial charge in [0.05, 0.1) is 25.3 Å². The van der Waals surface area contributed by atoms with Crippen molar-refractivity contribution in [3.63, 3.8) is 0 Å². The summed E-state index contributed by atoms with van der Waals surface area (Å²) in [5, 5.41) is 11.0. The van der Waals surface area contributed by atoms with Crippen molar-refractivity contribution >= 4 is 19.4 Å². The minimum absolute atomic E-state index is 0.0962. The Hall–Kier alpha value is -2.04. The summed E-state index contributed by atoms with van der Waals surface area (Å²) >= 11 is 0. The van der Waals surface area contributed by atoms with E-state index in [2.05, 4.69) is 10.3 Å². The third-order valence-corrected chi connectivity index (χ3v) is 3.28. The van der Waals surface area contributed by atoms with Crippen LogP contribution in [0.15, 0.2) is 12.3 Å². The molecule has 2 rings (SSSR count). The molecule has 8 heteroatoms. The van der Waals surface area contributed by atoms with Crippen LogP contribution >= 0.6 is 0 Å². The average molecular weight is 279 g/mol. The number of hydrogen-bond donors (Lipinski definition) is 1. The summed E-state index contributed by atoms with van der Waals surface area (Å²) in [5.41, 5.74) is -2.67. The minimum Gasteiger partial charge on any atom is -0.324 e. The maximum absolute atomic E-state index is 12.7. The second kappa shape index (κ2) is 4.82. The highest BCUT2D eigenvalue weighted by atomic mass is 19.4. The van der Waals surface area contributed by atoms with Crippen molar-refractivity contribution in [2.24, 2.45) is 5.41 Å². The molecule has 1 N–H and O–H groups in total. The number of carbonyl (C=O) groups excluding carboxylic acids is 1. The average Bonchev–Trinajstić information content (AvgIpc) is 3.18. The molecule has 1 heterocycles. The fourth-order valence-electron chi connectivity index (χ4n) is 1.78. The Morgan fingerprint density at radius 2 is 2.20 bits per heavy atom. The second-order valence-corrected chi connectivity index (χ2v) is 4.67. The van der Waals surface area contributed by atoms with E-state index in [4.69, 9.17) is 13.1 Å². The number of rotatable bonds is 3. The fraction of sp³-hybridized carbons (Fsp3) is 0.417. The van der Waals surface area contributed by atoms with E-state index in [1.54, 1.807) is 0 Å². The molecule has 1 aromatic rings. The molecule has 1 aliphatic rings. The number of hydrogen-bond acceptors (Lipinski definition) is 3. The summed E-state index contributed by atoms with van der Waals surface area (Å²) < 4.78 is 38.2. The van der Waals surface area contributed by atoms with Crippen molar-refractivity contribution in [3.8, 4) is 6.07 Å². The lowest BCUT2D eigenvalue weighted by molar-refractivity contribution is -0.138. The van der Waals surface area contributed by atoms with Gasteiger partial charge in [-0.1, -0.05) is 6.32 Å². The number of carbonyl (C=O) groups is 1. The lowest BCUT2D eigenvalue weighted by Gasteiger charge is -2.14. The number of amides is 1. The monoisotopic (exact) mass is 279 g/mol. The molecule has 2 radical (unpaired) electrons. The number of alkyl halides is 3. The van der Waals surface area contributed by atoms with Crippen LogP contribution in [0.1, 0.15) is 24.1 Å². The van der Waals surface area contributed by atoms with Gasteiger partial charge in [-0.3, -0.25) is 4.79 Å². The number of pyridine rings is 1. The van der Waals surface area contributed by atoms with Crippen LogP contribution in [0, 0.1) is 16.7 Å². The number of nitriles is 1. The van der Waals surface area contributed by atoms with Crippen LogP contribution < -0.4 is 5.32 Å². The van der Waals surface area contributed by atoms with E-state index in [9.17, 15) is 18.0 Å². The van der Waals surface area contributed by atoms with Crippen molar-refractivity contribution in [3.05, 3.63) is 23.5 Å². The Labute approximate surface area is 114 Å². The molecule has 0 unspecified atom stereocenters. The predicted octanol–water partition coefficient (Wildman–Crippen LogP) is 2.28. The normalized spacial score (nSPS) is 16.3. The van der Waals surface area contributed by atoms with E-state index in [-0.39, 0.29) is 12.0 Å². The highest BCUT2D eigenvalue weighted by molar-refractivity contribution is 6.13. The van der Waals surface area contributed by atoms with Crippen LogP contribution in [0.3, 0.4) is 0 Å². The molecule has 0 aromatic carbocycles. The molecule has 0 saturated heterocycles. The lowest BCUT2D eigenvalue weighted by Crippen LogP contribution is -2.24. The zero-order valence-corrected chi connectivity index (χ0v) is 10.3. The zero-order chi connectivity index (χ0) is 15.0. The Balaban J connectivity index is 2.26. The van der Waals surface area contributed by atoms with Gasteiger partial charge in [0.1, 0.15) is 6.07 Å². The number of nitrogens with one attached hydrogen (secondary N) is 1. The van der Waals surface area contributed by atoms with E-state index in [1.807, 2.05) is 0 Å². The van der Waals surface area contributed by atoms with E-state index in [0.29, 0.717) is 18.9 Å². The van der Waals surface area contributed by atoms with Crippen molar-refractivity contribution in [2.45, 2.75) is 25.3 Å². The van der Waals surface area contributed by atoms with Gasteiger partial charge in [0.15, 0.2) is 5.69 Å². The summed E-state index contributed by atoms with van der Waals surface area (Å²) in [7, 11) is 5.47. The van der Waals surface area contributed by atoms with Gasteiger partial charge in [0.25, 0.3) is 0 Å². The Kier molecular flexibility index (Phi) is 3.46. The highest BCUT2D eigenvalue weighted by Crippen LogP contribution is 2.49. The molecular formula is C12H9BF3N3O. The molecule has 1 aromatic heterocycles. The summed E-state index contributed by atoms with van der Waals surface area (Å²) in [4.78, 5) is 15.3. The van der Waals surface area contributed by atoms with Crippen LogP contribution in [-0.2, 0) is 11.0 Å². The number of aromatic nitrogens is 1. The summed E-state index contributed by atoms with van der Waals surface area (Å²) in [5.74, 6) is -0.417. The molecule has 1 amide bonds. The molecule has 1 fully saturated rings. The number of anilines is 1. The van der Waals surface area contributed by atoms with E-state index in [1.165, 1.54) is 6.07 Å². The number of halogens is 3. The van der Waals surface area contributed by atoms with Crippen molar-refractivity contribution in [2.75, 3.05) is 5.32 Å². The van der Waals surface area contributed by atoms with Crippen LogP contribution in [-0.4, -0.2) is 18.7 Å². The Bertz CT molecular complexity index is 591. The first-order valence-electron chi connectivity index (χ1n) is 5.81. The Morgan fingerprint density at radius 3 is 2.65 bits per heavy atom. The van der Waals surface area contributed by atoms with Gasteiger partial charge in [0, 0.05) is 5.41 Å². The SMILES string of the molecule is [B]CC1(C(=O)Nc2cnc(C#N)c(C(F)(F)F)c2)CC1.